The average molecular weight is 243 g/mol. The molecule has 100 valence electrons. The summed E-state index contributed by atoms with van der Waals surface area (Å²) in [4.78, 5) is 0. The van der Waals surface area contributed by atoms with Crippen molar-refractivity contribution in [2.45, 2.75) is 38.8 Å². The van der Waals surface area contributed by atoms with Gasteiger partial charge in [-0.15, -0.1) is 6.42 Å². The zero-order valence-electron chi connectivity index (χ0n) is 10.9. The molecule has 0 saturated carbocycles. The van der Waals surface area contributed by atoms with E-state index in [9.17, 15) is 5.11 Å². The number of ether oxygens (including phenoxy) is 2. The van der Waals surface area contributed by atoms with E-state index in [0.29, 0.717) is 33.0 Å². The molecule has 2 N–H and O–H groups in total. The summed E-state index contributed by atoms with van der Waals surface area (Å²) >= 11 is 0. The molecule has 0 saturated heterocycles. The van der Waals surface area contributed by atoms with Crippen molar-refractivity contribution in [3.8, 4) is 12.3 Å². The van der Waals surface area contributed by atoms with Gasteiger partial charge in [-0.2, -0.15) is 0 Å². The Labute approximate surface area is 105 Å². The molecular weight excluding hydrogens is 218 g/mol. The first kappa shape index (κ1) is 16.4. The summed E-state index contributed by atoms with van der Waals surface area (Å²) < 4.78 is 10.4. The Kier molecular flexibility index (Phi) is 11.5. The predicted molar refractivity (Wildman–Crippen MR) is 68.9 cm³/mol. The third kappa shape index (κ3) is 10.3. The van der Waals surface area contributed by atoms with Gasteiger partial charge in [-0.25, -0.2) is 0 Å². The number of nitrogens with one attached hydrogen (secondary N) is 1. The van der Waals surface area contributed by atoms with Gasteiger partial charge in [-0.3, -0.25) is 0 Å². The summed E-state index contributed by atoms with van der Waals surface area (Å²) in [7, 11) is 0. The van der Waals surface area contributed by atoms with Crippen LogP contribution in [0.2, 0.25) is 0 Å². The Morgan fingerprint density at radius 1 is 1.29 bits per heavy atom. The largest absolute Gasteiger partial charge is 0.389 e. The van der Waals surface area contributed by atoms with Crippen LogP contribution >= 0.6 is 0 Å². The Bertz CT molecular complexity index is 203. The monoisotopic (exact) mass is 243 g/mol. The zero-order chi connectivity index (χ0) is 12.9. The minimum absolute atomic E-state index is 0.0399. The molecule has 0 aliphatic rings. The summed E-state index contributed by atoms with van der Waals surface area (Å²) in [6.07, 6.45) is 6.79. The molecular formula is C13H25NO3. The van der Waals surface area contributed by atoms with Gasteiger partial charge < -0.3 is 19.9 Å². The van der Waals surface area contributed by atoms with Gasteiger partial charge in [0, 0.05) is 13.2 Å². The second-order valence-corrected chi connectivity index (χ2v) is 3.84. The van der Waals surface area contributed by atoms with Gasteiger partial charge >= 0.3 is 0 Å². The number of terminal acetylenes is 1. The van der Waals surface area contributed by atoms with Crippen molar-refractivity contribution in [1.29, 1.82) is 0 Å². The minimum atomic E-state index is -0.524. The zero-order valence-corrected chi connectivity index (χ0v) is 10.9. The van der Waals surface area contributed by atoms with Crippen LogP contribution in [0.15, 0.2) is 0 Å². The molecule has 0 aliphatic carbocycles. The van der Waals surface area contributed by atoms with E-state index in [1.54, 1.807) is 0 Å². The molecule has 0 amide bonds. The Morgan fingerprint density at radius 3 is 2.59 bits per heavy atom. The van der Waals surface area contributed by atoms with Crippen LogP contribution in [0.3, 0.4) is 0 Å². The van der Waals surface area contributed by atoms with E-state index >= 15 is 0 Å². The molecule has 0 aliphatic heterocycles. The molecule has 0 bridgehead atoms. The van der Waals surface area contributed by atoms with Crippen molar-refractivity contribution in [2.24, 2.45) is 0 Å². The second kappa shape index (κ2) is 11.9. The molecule has 2 atom stereocenters. The van der Waals surface area contributed by atoms with E-state index in [0.717, 1.165) is 12.8 Å². The number of aliphatic hydroxyl groups excluding tert-OH is 1. The van der Waals surface area contributed by atoms with Crippen molar-refractivity contribution in [2.75, 3.05) is 33.0 Å². The molecule has 0 fully saturated rings. The van der Waals surface area contributed by atoms with Crippen molar-refractivity contribution in [1.82, 2.24) is 5.32 Å². The molecule has 0 aromatic carbocycles. The topological polar surface area (TPSA) is 50.7 Å². The molecule has 17 heavy (non-hydrogen) atoms. The van der Waals surface area contributed by atoms with E-state index in [4.69, 9.17) is 15.9 Å². The first-order valence-corrected chi connectivity index (χ1v) is 6.27. The average Bonchev–Trinajstić information content (AvgIpc) is 2.34. The first-order valence-electron chi connectivity index (χ1n) is 6.27. The molecule has 4 nitrogen and oxygen atoms in total. The van der Waals surface area contributed by atoms with Gasteiger partial charge in [0.15, 0.2) is 0 Å². The molecule has 4 heteroatoms. The Balaban J connectivity index is 3.45. The van der Waals surface area contributed by atoms with Crippen LogP contribution in [0.1, 0.15) is 26.7 Å². The van der Waals surface area contributed by atoms with E-state index in [1.165, 1.54) is 0 Å². The highest BCUT2D eigenvalue weighted by molar-refractivity contribution is 4.98. The third-order valence-corrected chi connectivity index (χ3v) is 2.26. The predicted octanol–water partition coefficient (Wildman–Crippen LogP) is 0.792. The molecule has 2 unspecified atom stereocenters. The van der Waals surface area contributed by atoms with E-state index in [2.05, 4.69) is 18.2 Å². The summed E-state index contributed by atoms with van der Waals surface area (Å²) in [5.41, 5.74) is 0. The molecule has 0 spiro atoms. The number of aliphatic hydroxyl groups is 1. The van der Waals surface area contributed by atoms with Gasteiger partial charge in [-0.05, 0) is 13.3 Å². The molecule has 0 radical (unpaired) electrons. The standard InChI is InChI=1S/C13H25NO3/c1-4-7-12(5-2)14-10-13(15)11-17-9-8-16-6-3/h2,12-15H,4,6-11H2,1,3H3. The van der Waals surface area contributed by atoms with Crippen LogP contribution < -0.4 is 5.32 Å². The quantitative estimate of drug-likeness (QED) is 0.416. The van der Waals surface area contributed by atoms with E-state index in [1.807, 2.05) is 6.92 Å². The molecule has 0 aromatic heterocycles. The maximum atomic E-state index is 9.62. The van der Waals surface area contributed by atoms with Gasteiger partial charge in [-0.1, -0.05) is 19.3 Å². The lowest BCUT2D eigenvalue weighted by atomic mass is 10.2. The maximum absolute atomic E-state index is 9.62. The Hall–Kier alpha value is -0.600. The summed E-state index contributed by atoms with van der Waals surface area (Å²) in [5.74, 6) is 2.66. The van der Waals surface area contributed by atoms with Crippen molar-refractivity contribution in [3.05, 3.63) is 0 Å². The normalized spacial score (nSPS) is 14.2. The van der Waals surface area contributed by atoms with Crippen LogP contribution in [0.4, 0.5) is 0 Å². The van der Waals surface area contributed by atoms with Gasteiger partial charge in [0.1, 0.15) is 0 Å². The lowest BCUT2D eigenvalue weighted by Gasteiger charge is -2.16. The highest BCUT2D eigenvalue weighted by atomic mass is 16.5. The smallest absolute Gasteiger partial charge is 0.0898 e. The summed E-state index contributed by atoms with van der Waals surface area (Å²) in [6, 6.07) is 0.0399. The van der Waals surface area contributed by atoms with Crippen LogP contribution in [-0.2, 0) is 9.47 Å². The maximum Gasteiger partial charge on any atom is 0.0898 e. The van der Waals surface area contributed by atoms with Gasteiger partial charge in [0.25, 0.3) is 0 Å². The van der Waals surface area contributed by atoms with Crippen molar-refractivity contribution in [3.63, 3.8) is 0 Å². The number of hydrogen-bond donors (Lipinski definition) is 2. The van der Waals surface area contributed by atoms with Crippen molar-refractivity contribution >= 4 is 0 Å². The summed E-state index contributed by atoms with van der Waals surface area (Å²) in [6.45, 7) is 6.56. The van der Waals surface area contributed by atoms with E-state index in [-0.39, 0.29) is 6.04 Å². The Morgan fingerprint density at radius 2 is 2.00 bits per heavy atom. The fraction of sp³-hybridized carbons (Fsp3) is 0.846. The van der Waals surface area contributed by atoms with Crippen LogP contribution in [-0.4, -0.2) is 50.2 Å². The molecule has 0 heterocycles. The lowest BCUT2D eigenvalue weighted by molar-refractivity contribution is 0.00610. The fourth-order valence-corrected chi connectivity index (χ4v) is 1.35. The number of rotatable bonds is 11. The first-order chi connectivity index (χ1) is 8.24. The van der Waals surface area contributed by atoms with Crippen LogP contribution in [0.5, 0.6) is 0 Å². The molecule has 0 rings (SSSR count). The highest BCUT2D eigenvalue weighted by Crippen LogP contribution is 1.95. The fourth-order valence-electron chi connectivity index (χ4n) is 1.35. The van der Waals surface area contributed by atoms with Crippen LogP contribution in [0.25, 0.3) is 0 Å². The SMILES string of the molecule is C#CC(CCC)NCC(O)COCCOCC. The molecule has 0 aromatic rings. The highest BCUT2D eigenvalue weighted by Gasteiger charge is 2.07. The van der Waals surface area contributed by atoms with Gasteiger partial charge in [0.05, 0.1) is 32.0 Å². The van der Waals surface area contributed by atoms with Gasteiger partial charge in [0.2, 0.25) is 0 Å². The summed E-state index contributed by atoms with van der Waals surface area (Å²) in [5, 5.41) is 12.7. The third-order valence-electron chi connectivity index (χ3n) is 2.26. The second-order valence-electron chi connectivity index (χ2n) is 3.84. The number of hydrogen-bond acceptors (Lipinski definition) is 4. The van der Waals surface area contributed by atoms with Crippen molar-refractivity contribution < 1.29 is 14.6 Å². The lowest BCUT2D eigenvalue weighted by Crippen LogP contribution is -2.36. The van der Waals surface area contributed by atoms with E-state index < -0.39 is 6.10 Å². The minimum Gasteiger partial charge on any atom is -0.389 e. The van der Waals surface area contributed by atoms with Crippen LogP contribution in [0, 0.1) is 12.3 Å².